The van der Waals surface area contributed by atoms with Crippen LogP contribution in [0.1, 0.15) is 58.4 Å². The molecule has 4 aliphatic rings. The number of carbonyl (C=O) groups excluding carboxylic acids is 1. The van der Waals surface area contributed by atoms with E-state index >= 15 is 0 Å². The molecule has 3 aliphatic carbocycles. The molecule has 0 radical (unpaired) electrons. The second kappa shape index (κ2) is 9.69. The Morgan fingerprint density at radius 1 is 1.26 bits per heavy atom. The van der Waals surface area contributed by atoms with Crippen LogP contribution >= 0.6 is 12.4 Å². The summed E-state index contributed by atoms with van der Waals surface area (Å²) in [5.74, 6) is 1.15. The Balaban J connectivity index is 0.00000272. The number of unbranched alkanes of at least 4 members (excludes halogenated alkanes) is 1. The highest BCUT2D eigenvalue weighted by atomic mass is 35.5. The third-order valence-corrected chi connectivity index (χ3v) is 7.76. The van der Waals surface area contributed by atoms with E-state index in [2.05, 4.69) is 26.1 Å². The quantitative estimate of drug-likeness (QED) is 0.460. The molecular formula is C23H36BClN2O4. The summed E-state index contributed by atoms with van der Waals surface area (Å²) in [5.41, 5.74) is 7.53. The molecular weight excluding hydrogens is 415 g/mol. The van der Waals surface area contributed by atoms with E-state index in [0.717, 1.165) is 37.2 Å². The van der Waals surface area contributed by atoms with Gasteiger partial charge in [-0.05, 0) is 55.4 Å². The first-order valence-corrected chi connectivity index (χ1v) is 11.3. The van der Waals surface area contributed by atoms with Crippen molar-refractivity contribution in [2.45, 2.75) is 77.1 Å². The molecule has 2 bridgehead atoms. The van der Waals surface area contributed by atoms with Gasteiger partial charge >= 0.3 is 13.2 Å². The van der Waals surface area contributed by atoms with Gasteiger partial charge < -0.3 is 25.1 Å². The van der Waals surface area contributed by atoms with E-state index in [-0.39, 0.29) is 49.9 Å². The average molecular weight is 451 g/mol. The Labute approximate surface area is 192 Å². The van der Waals surface area contributed by atoms with Gasteiger partial charge in [0.15, 0.2) is 0 Å². The molecule has 3 N–H and O–H groups in total. The molecule has 8 heteroatoms. The van der Waals surface area contributed by atoms with E-state index < -0.39 is 0 Å². The molecule has 1 heterocycles. The smallest absolute Gasteiger partial charge is 0.445 e. The van der Waals surface area contributed by atoms with Gasteiger partial charge in [0, 0.05) is 12.5 Å². The molecule has 1 aromatic rings. The van der Waals surface area contributed by atoms with Crippen LogP contribution in [-0.2, 0) is 20.7 Å². The predicted molar refractivity (Wildman–Crippen MR) is 124 cm³/mol. The lowest BCUT2D eigenvalue weighted by Gasteiger charge is -2.64. The van der Waals surface area contributed by atoms with Crippen LogP contribution in [0, 0.1) is 17.3 Å². The Morgan fingerprint density at radius 2 is 2.00 bits per heavy atom. The molecule has 4 fully saturated rings. The molecule has 6 nitrogen and oxygen atoms in total. The summed E-state index contributed by atoms with van der Waals surface area (Å²) in [7, 11) is -0.320. The van der Waals surface area contributed by atoms with E-state index in [9.17, 15) is 4.79 Å². The van der Waals surface area contributed by atoms with Crippen molar-refractivity contribution in [3.8, 4) is 0 Å². The molecule has 0 aromatic heterocycles. The van der Waals surface area contributed by atoms with Crippen molar-refractivity contribution in [2.24, 2.45) is 23.0 Å². The number of hydrogen-bond acceptors (Lipinski definition) is 5. The van der Waals surface area contributed by atoms with Gasteiger partial charge in [0.1, 0.15) is 6.61 Å². The summed E-state index contributed by atoms with van der Waals surface area (Å²) in [6.07, 6.45) is 4.68. The fourth-order valence-corrected chi connectivity index (χ4v) is 5.69. The third kappa shape index (κ3) is 4.90. The van der Waals surface area contributed by atoms with Crippen molar-refractivity contribution in [2.75, 3.05) is 6.54 Å². The summed E-state index contributed by atoms with van der Waals surface area (Å²) in [4.78, 5) is 11.8. The second-order valence-corrected chi connectivity index (χ2v) is 9.99. The number of benzene rings is 1. The number of hydrogen-bond donors (Lipinski definition) is 2. The lowest BCUT2D eigenvalue weighted by Crippen LogP contribution is -2.65. The van der Waals surface area contributed by atoms with Crippen LogP contribution in [0.4, 0.5) is 4.79 Å². The van der Waals surface area contributed by atoms with Crippen LogP contribution in [0.5, 0.6) is 0 Å². The highest BCUT2D eigenvalue weighted by Crippen LogP contribution is 2.65. The van der Waals surface area contributed by atoms with Crippen molar-refractivity contribution in [1.29, 1.82) is 0 Å². The third-order valence-electron chi connectivity index (χ3n) is 7.76. The Hall–Kier alpha value is -1.28. The van der Waals surface area contributed by atoms with Gasteiger partial charge in [-0.25, -0.2) is 4.79 Å². The van der Waals surface area contributed by atoms with Gasteiger partial charge in [-0.3, -0.25) is 0 Å². The monoisotopic (exact) mass is 450 g/mol. The molecule has 1 aromatic carbocycles. The van der Waals surface area contributed by atoms with Crippen molar-refractivity contribution in [1.82, 2.24) is 5.32 Å². The maximum absolute atomic E-state index is 11.8. The SMILES string of the molecule is CC1(C)[C@@H]2C[C@H]3OB([C@@H](N)CCCCNC(=O)OCc4ccccc4)O[C@@]3(C)[C@H]1C2.Cl. The zero-order valence-electron chi connectivity index (χ0n) is 18.8. The van der Waals surface area contributed by atoms with E-state index in [1.165, 1.54) is 6.42 Å². The highest BCUT2D eigenvalue weighted by molar-refractivity contribution is 6.47. The first-order valence-electron chi connectivity index (χ1n) is 11.3. The molecule has 5 atom stereocenters. The van der Waals surface area contributed by atoms with E-state index in [0.29, 0.717) is 17.9 Å². The molecule has 1 saturated heterocycles. The molecule has 0 spiro atoms. The summed E-state index contributed by atoms with van der Waals surface area (Å²) in [6, 6.07) is 9.66. The van der Waals surface area contributed by atoms with Crippen molar-refractivity contribution in [3.05, 3.63) is 35.9 Å². The number of amides is 1. The van der Waals surface area contributed by atoms with Crippen LogP contribution in [-0.4, -0.2) is 37.4 Å². The van der Waals surface area contributed by atoms with Crippen molar-refractivity contribution < 1.29 is 18.8 Å². The first-order chi connectivity index (χ1) is 14.3. The fraction of sp³-hybridized carbons (Fsp3) is 0.696. The number of carbonyl (C=O) groups is 1. The van der Waals surface area contributed by atoms with Gasteiger partial charge in [0.25, 0.3) is 0 Å². The minimum absolute atomic E-state index is 0. The Bertz CT molecular complexity index is 752. The Kier molecular flexibility index (Phi) is 7.62. The molecule has 31 heavy (non-hydrogen) atoms. The highest BCUT2D eigenvalue weighted by Gasteiger charge is 2.68. The normalized spacial score (nSPS) is 31.1. The molecule has 172 valence electrons. The standard InChI is InChI=1S/C23H35BN2O4.ClH/c1-22(2)17-13-18(22)23(3)19(14-17)29-24(30-23)20(25)11-7-8-12-26-21(27)28-15-16-9-5-4-6-10-16;/h4-6,9-10,17-20H,7-8,11-15,25H2,1-3H3,(H,26,27);1H/t17-,18-,19+,20-,23-;/m0./s1. The van der Waals surface area contributed by atoms with E-state index in [1.807, 2.05) is 30.3 Å². The molecule has 3 saturated carbocycles. The summed E-state index contributed by atoms with van der Waals surface area (Å²) in [6.45, 7) is 7.80. The maximum Gasteiger partial charge on any atom is 0.475 e. The maximum atomic E-state index is 11.8. The molecule has 1 aliphatic heterocycles. The van der Waals surface area contributed by atoms with E-state index in [4.69, 9.17) is 19.8 Å². The first kappa shape index (κ1) is 24.4. The number of alkyl carbamates (subject to hydrolysis) is 1. The van der Waals surface area contributed by atoms with Crippen LogP contribution in [0.3, 0.4) is 0 Å². The van der Waals surface area contributed by atoms with Crippen LogP contribution in [0.15, 0.2) is 30.3 Å². The topological polar surface area (TPSA) is 82.8 Å². The second-order valence-electron chi connectivity index (χ2n) is 9.99. The minimum Gasteiger partial charge on any atom is -0.445 e. The van der Waals surface area contributed by atoms with Crippen molar-refractivity contribution >= 4 is 25.6 Å². The molecule has 0 unspecified atom stereocenters. The van der Waals surface area contributed by atoms with Crippen LogP contribution in [0.2, 0.25) is 0 Å². The van der Waals surface area contributed by atoms with Crippen LogP contribution < -0.4 is 11.1 Å². The van der Waals surface area contributed by atoms with Gasteiger partial charge in [0.2, 0.25) is 0 Å². The largest absolute Gasteiger partial charge is 0.475 e. The lowest BCUT2D eigenvalue weighted by molar-refractivity contribution is -0.199. The average Bonchev–Trinajstić information content (AvgIpc) is 3.09. The van der Waals surface area contributed by atoms with Gasteiger partial charge in [-0.1, -0.05) is 50.6 Å². The molecule has 5 rings (SSSR count). The zero-order chi connectivity index (χ0) is 21.4. The Morgan fingerprint density at radius 3 is 2.71 bits per heavy atom. The lowest BCUT2D eigenvalue weighted by atomic mass is 9.43. The van der Waals surface area contributed by atoms with E-state index in [1.54, 1.807) is 0 Å². The van der Waals surface area contributed by atoms with Gasteiger partial charge in [-0.2, -0.15) is 0 Å². The number of nitrogens with one attached hydrogen (secondary N) is 1. The predicted octanol–water partition coefficient (Wildman–Crippen LogP) is 4.10. The number of halogens is 1. The van der Waals surface area contributed by atoms with Gasteiger partial charge in [-0.15, -0.1) is 12.4 Å². The summed E-state index contributed by atoms with van der Waals surface area (Å²) in [5, 5.41) is 2.80. The van der Waals surface area contributed by atoms with Crippen molar-refractivity contribution in [3.63, 3.8) is 0 Å². The number of nitrogens with two attached hydrogens (primary N) is 1. The fourth-order valence-electron chi connectivity index (χ4n) is 5.69. The summed E-state index contributed by atoms with van der Waals surface area (Å²) < 4.78 is 17.9. The minimum atomic E-state index is -0.385. The zero-order valence-corrected chi connectivity index (χ0v) is 19.7. The van der Waals surface area contributed by atoms with Gasteiger partial charge in [0.05, 0.1) is 11.7 Å². The number of rotatable bonds is 8. The molecule has 1 amide bonds. The number of ether oxygens (including phenoxy) is 1. The van der Waals surface area contributed by atoms with Crippen LogP contribution in [0.25, 0.3) is 0 Å². The summed E-state index contributed by atoms with van der Waals surface area (Å²) >= 11 is 0.